The topological polar surface area (TPSA) is 24.5 Å². The molecule has 1 saturated heterocycles. The lowest BCUT2D eigenvalue weighted by atomic mass is 10.2. The summed E-state index contributed by atoms with van der Waals surface area (Å²) in [5.41, 5.74) is 0. The van der Waals surface area contributed by atoms with Crippen molar-refractivity contribution in [1.29, 1.82) is 0 Å². The van der Waals surface area contributed by atoms with Crippen molar-refractivity contribution in [2.24, 2.45) is 5.92 Å². The summed E-state index contributed by atoms with van der Waals surface area (Å²) in [6.07, 6.45) is 1.18. The Kier molecular flexibility index (Phi) is 6.22. The van der Waals surface area contributed by atoms with Crippen molar-refractivity contribution < 1.29 is 4.74 Å². The molecule has 0 saturated carbocycles. The molecule has 1 aliphatic rings. The van der Waals surface area contributed by atoms with E-state index in [1.165, 1.54) is 13.0 Å². The zero-order chi connectivity index (χ0) is 11.1. The van der Waals surface area contributed by atoms with E-state index < -0.39 is 0 Å². The van der Waals surface area contributed by atoms with Gasteiger partial charge < -0.3 is 10.1 Å². The summed E-state index contributed by atoms with van der Waals surface area (Å²) in [6, 6.07) is 0.630. The third-order valence-corrected chi connectivity index (χ3v) is 2.87. The van der Waals surface area contributed by atoms with Crippen LogP contribution in [0.3, 0.4) is 0 Å². The SMILES string of the molecule is CC(C)CNCC(C)N1CCCOCC1. The standard InChI is InChI=1S/C12H26N2O/c1-11(2)9-13-10-12(3)14-5-4-7-15-8-6-14/h11-13H,4-10H2,1-3H3. The minimum atomic E-state index is 0.630. The van der Waals surface area contributed by atoms with Crippen LogP contribution in [0.25, 0.3) is 0 Å². The first kappa shape index (κ1) is 12.9. The first-order valence-corrected chi connectivity index (χ1v) is 6.22. The summed E-state index contributed by atoms with van der Waals surface area (Å²) in [7, 11) is 0. The van der Waals surface area contributed by atoms with E-state index in [2.05, 4.69) is 31.0 Å². The van der Waals surface area contributed by atoms with Gasteiger partial charge in [-0.2, -0.15) is 0 Å². The van der Waals surface area contributed by atoms with Gasteiger partial charge in [0.05, 0.1) is 6.61 Å². The highest BCUT2D eigenvalue weighted by molar-refractivity contribution is 4.71. The molecule has 3 heteroatoms. The number of rotatable bonds is 5. The summed E-state index contributed by atoms with van der Waals surface area (Å²) >= 11 is 0. The maximum absolute atomic E-state index is 5.46. The van der Waals surface area contributed by atoms with Crippen LogP contribution in [-0.2, 0) is 4.74 Å². The Morgan fingerprint density at radius 2 is 1.93 bits per heavy atom. The molecule has 0 aromatic carbocycles. The number of ether oxygens (including phenoxy) is 1. The third-order valence-electron chi connectivity index (χ3n) is 2.87. The Morgan fingerprint density at radius 3 is 2.67 bits per heavy atom. The first-order chi connectivity index (χ1) is 7.20. The van der Waals surface area contributed by atoms with Crippen molar-refractivity contribution in [2.45, 2.75) is 33.2 Å². The van der Waals surface area contributed by atoms with Crippen LogP contribution in [-0.4, -0.2) is 50.3 Å². The summed E-state index contributed by atoms with van der Waals surface area (Å²) in [5, 5.41) is 3.52. The second-order valence-electron chi connectivity index (χ2n) is 4.90. The molecule has 0 amide bonds. The van der Waals surface area contributed by atoms with Gasteiger partial charge in [-0.1, -0.05) is 13.8 Å². The first-order valence-electron chi connectivity index (χ1n) is 6.22. The van der Waals surface area contributed by atoms with Crippen LogP contribution in [0.1, 0.15) is 27.2 Å². The second-order valence-corrected chi connectivity index (χ2v) is 4.90. The fourth-order valence-corrected chi connectivity index (χ4v) is 1.92. The molecular formula is C12H26N2O. The van der Waals surface area contributed by atoms with Crippen molar-refractivity contribution in [2.75, 3.05) is 39.4 Å². The Morgan fingerprint density at radius 1 is 1.13 bits per heavy atom. The van der Waals surface area contributed by atoms with E-state index in [9.17, 15) is 0 Å². The van der Waals surface area contributed by atoms with Crippen molar-refractivity contribution in [3.8, 4) is 0 Å². The molecule has 1 fully saturated rings. The monoisotopic (exact) mass is 214 g/mol. The molecule has 90 valence electrons. The number of hydrogen-bond donors (Lipinski definition) is 1. The maximum atomic E-state index is 5.46. The zero-order valence-electron chi connectivity index (χ0n) is 10.5. The summed E-state index contributed by atoms with van der Waals surface area (Å²) < 4.78 is 5.46. The van der Waals surface area contributed by atoms with Gasteiger partial charge >= 0.3 is 0 Å². The molecule has 1 aliphatic heterocycles. The molecule has 0 radical (unpaired) electrons. The van der Waals surface area contributed by atoms with E-state index in [1.807, 2.05) is 0 Å². The average Bonchev–Trinajstić information content (AvgIpc) is 2.44. The minimum absolute atomic E-state index is 0.630. The molecule has 15 heavy (non-hydrogen) atoms. The molecule has 0 aliphatic carbocycles. The lowest BCUT2D eigenvalue weighted by Crippen LogP contribution is -2.42. The number of hydrogen-bond acceptors (Lipinski definition) is 3. The molecule has 1 rings (SSSR count). The van der Waals surface area contributed by atoms with Gasteiger partial charge in [-0.3, -0.25) is 4.90 Å². The van der Waals surface area contributed by atoms with E-state index in [4.69, 9.17) is 4.74 Å². The molecule has 1 atom stereocenters. The molecule has 1 N–H and O–H groups in total. The van der Waals surface area contributed by atoms with Crippen LogP contribution < -0.4 is 5.32 Å². The van der Waals surface area contributed by atoms with Gasteiger partial charge in [-0.05, 0) is 25.8 Å². The fourth-order valence-electron chi connectivity index (χ4n) is 1.92. The molecule has 0 spiro atoms. The molecule has 0 aromatic heterocycles. The maximum Gasteiger partial charge on any atom is 0.0593 e. The van der Waals surface area contributed by atoms with Crippen LogP contribution in [0.2, 0.25) is 0 Å². The predicted molar refractivity (Wildman–Crippen MR) is 64.2 cm³/mol. The van der Waals surface area contributed by atoms with E-state index in [0.29, 0.717) is 6.04 Å². The molecule has 3 nitrogen and oxygen atoms in total. The van der Waals surface area contributed by atoms with E-state index in [-0.39, 0.29) is 0 Å². The molecule has 1 unspecified atom stereocenters. The van der Waals surface area contributed by atoms with Gasteiger partial charge in [0.1, 0.15) is 0 Å². The molecule has 1 heterocycles. The molecule has 0 aromatic rings. The summed E-state index contributed by atoms with van der Waals surface area (Å²) in [6.45, 7) is 13.1. The summed E-state index contributed by atoms with van der Waals surface area (Å²) in [5.74, 6) is 0.740. The van der Waals surface area contributed by atoms with Crippen molar-refractivity contribution in [3.05, 3.63) is 0 Å². The quantitative estimate of drug-likeness (QED) is 0.747. The van der Waals surface area contributed by atoms with Crippen LogP contribution in [0.15, 0.2) is 0 Å². The Balaban J connectivity index is 2.16. The second kappa shape index (κ2) is 7.20. The smallest absolute Gasteiger partial charge is 0.0593 e. The van der Waals surface area contributed by atoms with Gasteiger partial charge in [0, 0.05) is 32.3 Å². The van der Waals surface area contributed by atoms with Crippen LogP contribution in [0, 0.1) is 5.92 Å². The van der Waals surface area contributed by atoms with Gasteiger partial charge in [-0.15, -0.1) is 0 Å². The molecule has 0 bridgehead atoms. The van der Waals surface area contributed by atoms with E-state index in [1.54, 1.807) is 0 Å². The highest BCUT2D eigenvalue weighted by atomic mass is 16.5. The highest BCUT2D eigenvalue weighted by Gasteiger charge is 2.15. The van der Waals surface area contributed by atoms with Gasteiger partial charge in [0.25, 0.3) is 0 Å². The van der Waals surface area contributed by atoms with Crippen LogP contribution in [0.5, 0.6) is 0 Å². The van der Waals surface area contributed by atoms with Crippen LogP contribution >= 0.6 is 0 Å². The van der Waals surface area contributed by atoms with Gasteiger partial charge in [0.15, 0.2) is 0 Å². The van der Waals surface area contributed by atoms with Crippen molar-refractivity contribution >= 4 is 0 Å². The minimum Gasteiger partial charge on any atom is -0.380 e. The van der Waals surface area contributed by atoms with Crippen molar-refractivity contribution in [3.63, 3.8) is 0 Å². The Labute approximate surface area is 94.2 Å². The lowest BCUT2D eigenvalue weighted by molar-refractivity contribution is 0.133. The van der Waals surface area contributed by atoms with Crippen molar-refractivity contribution in [1.82, 2.24) is 10.2 Å². The van der Waals surface area contributed by atoms with Crippen LogP contribution in [0.4, 0.5) is 0 Å². The van der Waals surface area contributed by atoms with E-state index in [0.717, 1.165) is 38.8 Å². The third kappa shape index (κ3) is 5.50. The van der Waals surface area contributed by atoms with E-state index >= 15 is 0 Å². The Hall–Kier alpha value is -0.120. The largest absolute Gasteiger partial charge is 0.380 e. The van der Waals surface area contributed by atoms with Gasteiger partial charge in [-0.25, -0.2) is 0 Å². The predicted octanol–water partition coefficient (Wildman–Crippen LogP) is 1.34. The fraction of sp³-hybridized carbons (Fsp3) is 1.00. The normalized spacial score (nSPS) is 21.6. The average molecular weight is 214 g/mol. The lowest BCUT2D eigenvalue weighted by Gasteiger charge is -2.27. The van der Waals surface area contributed by atoms with Gasteiger partial charge in [0.2, 0.25) is 0 Å². The number of nitrogens with one attached hydrogen (secondary N) is 1. The number of nitrogens with zero attached hydrogens (tertiary/aromatic N) is 1. The Bertz CT molecular complexity index is 154. The highest BCUT2D eigenvalue weighted by Crippen LogP contribution is 2.04. The molecular weight excluding hydrogens is 188 g/mol. The summed E-state index contributed by atoms with van der Waals surface area (Å²) in [4.78, 5) is 2.53. The zero-order valence-corrected chi connectivity index (χ0v) is 10.5.